The van der Waals surface area contributed by atoms with Crippen LogP contribution in [0.1, 0.15) is 17.2 Å². The molecule has 0 fully saturated rings. The predicted molar refractivity (Wildman–Crippen MR) is 71.0 cm³/mol. The molecule has 0 aliphatic heterocycles. The van der Waals surface area contributed by atoms with Crippen LogP contribution in [-0.2, 0) is 0 Å². The van der Waals surface area contributed by atoms with E-state index in [0.29, 0.717) is 0 Å². The van der Waals surface area contributed by atoms with Gasteiger partial charge in [-0.05, 0) is 29.3 Å². The second kappa shape index (κ2) is 4.97. The number of para-hydroxylation sites is 1. The number of nitrogens with two attached hydrogens (primary N) is 1. The van der Waals surface area contributed by atoms with Gasteiger partial charge in [0.2, 0.25) is 0 Å². The Morgan fingerprint density at radius 3 is 2.35 bits per heavy atom. The van der Waals surface area contributed by atoms with Crippen LogP contribution in [0.5, 0.6) is 0 Å². The van der Waals surface area contributed by atoms with E-state index in [-0.39, 0.29) is 6.04 Å². The average Bonchev–Trinajstić information content (AvgIpc) is 2.39. The summed E-state index contributed by atoms with van der Waals surface area (Å²) in [6.07, 6.45) is 3.54. The summed E-state index contributed by atoms with van der Waals surface area (Å²) < 4.78 is 0. The number of nitrogens with zero attached hydrogens (tertiary/aromatic N) is 2. The lowest BCUT2D eigenvalue weighted by Crippen LogP contribution is -2.18. The van der Waals surface area contributed by atoms with E-state index in [0.717, 1.165) is 16.8 Å². The van der Waals surface area contributed by atoms with Gasteiger partial charge in [0.1, 0.15) is 0 Å². The molecule has 1 heterocycles. The second-order valence-electron chi connectivity index (χ2n) is 4.21. The highest BCUT2D eigenvalue weighted by Gasteiger charge is 2.13. The Balaban J connectivity index is 2.41. The van der Waals surface area contributed by atoms with Crippen LogP contribution in [0.3, 0.4) is 0 Å². The molecular formula is C14H17N3. The summed E-state index contributed by atoms with van der Waals surface area (Å²) in [5.41, 5.74) is 9.66. The van der Waals surface area contributed by atoms with Crippen molar-refractivity contribution in [3.63, 3.8) is 0 Å². The first-order valence-electron chi connectivity index (χ1n) is 5.62. The summed E-state index contributed by atoms with van der Waals surface area (Å²) in [6.45, 7) is 0. The number of benzene rings is 1. The normalized spacial score (nSPS) is 12.2. The first kappa shape index (κ1) is 11.6. The second-order valence-corrected chi connectivity index (χ2v) is 4.21. The molecule has 2 rings (SSSR count). The fraction of sp³-hybridized carbons (Fsp3) is 0.214. The third kappa shape index (κ3) is 2.45. The molecule has 0 amide bonds. The Labute approximate surface area is 102 Å². The molecule has 2 aromatic rings. The Morgan fingerprint density at radius 1 is 1.06 bits per heavy atom. The fourth-order valence-electron chi connectivity index (χ4n) is 1.91. The summed E-state index contributed by atoms with van der Waals surface area (Å²) in [6, 6.07) is 12.0. The van der Waals surface area contributed by atoms with E-state index in [2.05, 4.69) is 22.0 Å². The molecule has 1 unspecified atom stereocenters. The molecule has 17 heavy (non-hydrogen) atoms. The van der Waals surface area contributed by atoms with Gasteiger partial charge in [-0.1, -0.05) is 18.2 Å². The molecule has 0 bridgehead atoms. The van der Waals surface area contributed by atoms with Crippen LogP contribution in [-0.4, -0.2) is 19.1 Å². The number of anilines is 1. The third-order valence-corrected chi connectivity index (χ3v) is 2.82. The van der Waals surface area contributed by atoms with Crippen LogP contribution in [0.2, 0.25) is 0 Å². The van der Waals surface area contributed by atoms with Crippen LogP contribution >= 0.6 is 0 Å². The number of hydrogen-bond donors (Lipinski definition) is 1. The van der Waals surface area contributed by atoms with Gasteiger partial charge >= 0.3 is 0 Å². The van der Waals surface area contributed by atoms with Gasteiger partial charge in [0, 0.05) is 32.2 Å². The lowest BCUT2D eigenvalue weighted by molar-refractivity contribution is 0.860. The number of rotatable bonds is 3. The lowest BCUT2D eigenvalue weighted by Gasteiger charge is -2.21. The van der Waals surface area contributed by atoms with E-state index in [1.807, 2.05) is 38.4 Å². The van der Waals surface area contributed by atoms with Crippen molar-refractivity contribution in [2.75, 3.05) is 19.0 Å². The van der Waals surface area contributed by atoms with Crippen molar-refractivity contribution in [3.05, 3.63) is 59.9 Å². The summed E-state index contributed by atoms with van der Waals surface area (Å²) >= 11 is 0. The van der Waals surface area contributed by atoms with Crippen molar-refractivity contribution >= 4 is 5.69 Å². The largest absolute Gasteiger partial charge is 0.377 e. The monoisotopic (exact) mass is 227 g/mol. The number of pyridine rings is 1. The number of hydrogen-bond acceptors (Lipinski definition) is 3. The highest BCUT2D eigenvalue weighted by atomic mass is 15.1. The lowest BCUT2D eigenvalue weighted by atomic mass is 9.98. The van der Waals surface area contributed by atoms with E-state index >= 15 is 0 Å². The molecule has 0 saturated heterocycles. The van der Waals surface area contributed by atoms with E-state index in [4.69, 9.17) is 5.73 Å². The Kier molecular flexibility index (Phi) is 3.40. The van der Waals surface area contributed by atoms with Gasteiger partial charge in [-0.25, -0.2) is 0 Å². The zero-order valence-corrected chi connectivity index (χ0v) is 10.2. The van der Waals surface area contributed by atoms with Crippen LogP contribution in [0.15, 0.2) is 48.8 Å². The minimum Gasteiger partial charge on any atom is -0.377 e. The molecule has 1 aromatic carbocycles. The van der Waals surface area contributed by atoms with Crippen LogP contribution in [0, 0.1) is 0 Å². The molecular weight excluding hydrogens is 210 g/mol. The predicted octanol–water partition coefficient (Wildman–Crippen LogP) is 2.20. The van der Waals surface area contributed by atoms with Crippen LogP contribution < -0.4 is 10.6 Å². The molecule has 0 radical (unpaired) electrons. The highest BCUT2D eigenvalue weighted by Crippen LogP contribution is 2.27. The van der Waals surface area contributed by atoms with Crippen molar-refractivity contribution in [2.24, 2.45) is 5.73 Å². The van der Waals surface area contributed by atoms with E-state index < -0.39 is 0 Å². The molecule has 0 aliphatic rings. The standard InChI is InChI=1S/C14H17N3/c1-17(2)13-6-4-3-5-12(13)14(15)11-7-9-16-10-8-11/h3-10,14H,15H2,1-2H3. The van der Waals surface area contributed by atoms with Gasteiger partial charge in [0.15, 0.2) is 0 Å². The quantitative estimate of drug-likeness (QED) is 0.874. The van der Waals surface area contributed by atoms with Gasteiger partial charge in [-0.15, -0.1) is 0 Å². The average molecular weight is 227 g/mol. The Morgan fingerprint density at radius 2 is 1.71 bits per heavy atom. The topological polar surface area (TPSA) is 42.1 Å². The molecule has 2 N–H and O–H groups in total. The zero-order chi connectivity index (χ0) is 12.3. The maximum atomic E-state index is 6.30. The fourth-order valence-corrected chi connectivity index (χ4v) is 1.91. The summed E-state index contributed by atoms with van der Waals surface area (Å²) in [5, 5.41) is 0. The minimum absolute atomic E-state index is 0.114. The molecule has 1 atom stereocenters. The first-order chi connectivity index (χ1) is 8.20. The van der Waals surface area contributed by atoms with Crippen molar-refractivity contribution < 1.29 is 0 Å². The summed E-state index contributed by atoms with van der Waals surface area (Å²) in [4.78, 5) is 6.09. The van der Waals surface area contributed by atoms with Crippen molar-refractivity contribution in [1.29, 1.82) is 0 Å². The van der Waals surface area contributed by atoms with Gasteiger partial charge in [-0.3, -0.25) is 4.98 Å². The van der Waals surface area contributed by atoms with E-state index in [9.17, 15) is 0 Å². The van der Waals surface area contributed by atoms with Gasteiger partial charge < -0.3 is 10.6 Å². The summed E-state index contributed by atoms with van der Waals surface area (Å²) in [7, 11) is 4.05. The third-order valence-electron chi connectivity index (χ3n) is 2.82. The molecule has 3 heteroatoms. The van der Waals surface area contributed by atoms with Crippen molar-refractivity contribution in [1.82, 2.24) is 4.98 Å². The van der Waals surface area contributed by atoms with Gasteiger partial charge in [0.25, 0.3) is 0 Å². The van der Waals surface area contributed by atoms with Gasteiger partial charge in [0.05, 0.1) is 6.04 Å². The van der Waals surface area contributed by atoms with E-state index in [1.165, 1.54) is 0 Å². The SMILES string of the molecule is CN(C)c1ccccc1C(N)c1ccncc1. The molecule has 0 aliphatic carbocycles. The maximum absolute atomic E-state index is 6.30. The van der Waals surface area contributed by atoms with Crippen molar-refractivity contribution in [2.45, 2.75) is 6.04 Å². The first-order valence-corrected chi connectivity index (χ1v) is 5.62. The van der Waals surface area contributed by atoms with E-state index in [1.54, 1.807) is 12.4 Å². The number of aromatic nitrogens is 1. The molecule has 3 nitrogen and oxygen atoms in total. The molecule has 88 valence electrons. The van der Waals surface area contributed by atoms with Gasteiger partial charge in [-0.2, -0.15) is 0 Å². The van der Waals surface area contributed by atoms with Crippen LogP contribution in [0.25, 0.3) is 0 Å². The zero-order valence-electron chi connectivity index (χ0n) is 10.2. The maximum Gasteiger partial charge on any atom is 0.0573 e. The molecule has 0 spiro atoms. The minimum atomic E-state index is -0.114. The molecule has 0 saturated carbocycles. The Bertz CT molecular complexity index is 480. The summed E-state index contributed by atoms with van der Waals surface area (Å²) in [5.74, 6) is 0. The van der Waals surface area contributed by atoms with Crippen LogP contribution in [0.4, 0.5) is 5.69 Å². The highest BCUT2D eigenvalue weighted by molar-refractivity contribution is 5.55. The molecule has 1 aromatic heterocycles. The smallest absolute Gasteiger partial charge is 0.0573 e. The Hall–Kier alpha value is -1.87. The van der Waals surface area contributed by atoms with Crippen molar-refractivity contribution in [3.8, 4) is 0 Å².